The van der Waals surface area contributed by atoms with E-state index in [1.165, 1.54) is 21.3 Å². The molecule has 0 bridgehead atoms. The van der Waals surface area contributed by atoms with Gasteiger partial charge in [-0.1, -0.05) is 20.8 Å². The second kappa shape index (κ2) is 7.36. The van der Waals surface area contributed by atoms with E-state index in [-0.39, 0.29) is 0 Å². The maximum absolute atomic E-state index is 3.58. The minimum Gasteiger partial charge on any atom is -0.309 e. The van der Waals surface area contributed by atoms with Gasteiger partial charge in [-0.2, -0.15) is 11.8 Å². The number of hydrogen-bond donors (Lipinski definition) is 1. The summed E-state index contributed by atoms with van der Waals surface area (Å²) < 4.78 is 0. The summed E-state index contributed by atoms with van der Waals surface area (Å²) in [6.07, 6.45) is 0. The number of nitrogens with one attached hydrogen (secondary N) is 1. The van der Waals surface area contributed by atoms with Gasteiger partial charge in [0.05, 0.1) is 6.04 Å². The number of hydrogen-bond acceptors (Lipinski definition) is 3. The second-order valence-corrected chi connectivity index (χ2v) is 6.88. The Bertz CT molecular complexity index is 294. The van der Waals surface area contributed by atoms with E-state index < -0.39 is 0 Å². The van der Waals surface area contributed by atoms with Crippen molar-refractivity contribution in [1.29, 1.82) is 0 Å². The molecule has 1 aromatic heterocycles. The molecule has 92 valence electrons. The number of thiophene rings is 1. The van der Waals surface area contributed by atoms with Crippen molar-refractivity contribution in [3.63, 3.8) is 0 Å². The number of thioether (sulfide) groups is 1. The van der Waals surface area contributed by atoms with E-state index in [1.807, 2.05) is 11.3 Å². The van der Waals surface area contributed by atoms with Crippen molar-refractivity contribution in [2.24, 2.45) is 5.92 Å². The Hall–Kier alpha value is 0.01000. The molecule has 1 rings (SSSR count). The highest BCUT2D eigenvalue weighted by molar-refractivity contribution is 7.99. The van der Waals surface area contributed by atoms with E-state index in [2.05, 4.69) is 56.9 Å². The van der Waals surface area contributed by atoms with Crippen molar-refractivity contribution in [3.8, 4) is 0 Å². The standard InChI is InChI=1S/C13H23NS2/c1-5-14-12(9-15-8-10(2)3)13-7-6-11(4)16-13/h6-7,10,12,14H,5,8-9H2,1-4H3. The molecule has 0 amide bonds. The highest BCUT2D eigenvalue weighted by Crippen LogP contribution is 2.26. The third-order valence-electron chi connectivity index (χ3n) is 2.29. The molecule has 1 unspecified atom stereocenters. The maximum atomic E-state index is 3.58. The van der Waals surface area contributed by atoms with Crippen LogP contribution in [0.1, 0.15) is 36.6 Å². The monoisotopic (exact) mass is 257 g/mol. The van der Waals surface area contributed by atoms with Crippen LogP contribution in [0.3, 0.4) is 0 Å². The molecular formula is C13H23NS2. The Morgan fingerprint density at radius 1 is 1.31 bits per heavy atom. The van der Waals surface area contributed by atoms with Crippen LogP contribution in [0.25, 0.3) is 0 Å². The van der Waals surface area contributed by atoms with Crippen LogP contribution in [0.15, 0.2) is 12.1 Å². The van der Waals surface area contributed by atoms with Crippen LogP contribution < -0.4 is 5.32 Å². The fourth-order valence-corrected chi connectivity index (χ4v) is 3.75. The first-order valence-electron chi connectivity index (χ1n) is 6.01. The summed E-state index contributed by atoms with van der Waals surface area (Å²) in [5.74, 6) is 3.23. The number of rotatable bonds is 7. The zero-order chi connectivity index (χ0) is 12.0. The lowest BCUT2D eigenvalue weighted by Crippen LogP contribution is -2.22. The van der Waals surface area contributed by atoms with Crippen LogP contribution in [0, 0.1) is 12.8 Å². The predicted octanol–water partition coefficient (Wildman–Crippen LogP) is 4.10. The van der Waals surface area contributed by atoms with E-state index >= 15 is 0 Å². The van der Waals surface area contributed by atoms with Crippen LogP contribution in [0.4, 0.5) is 0 Å². The molecule has 3 heteroatoms. The van der Waals surface area contributed by atoms with Gasteiger partial charge in [-0.25, -0.2) is 0 Å². The molecule has 1 aromatic rings. The van der Waals surface area contributed by atoms with Crippen molar-refractivity contribution in [2.75, 3.05) is 18.1 Å². The molecule has 0 aliphatic heterocycles. The van der Waals surface area contributed by atoms with Gasteiger partial charge in [0, 0.05) is 15.5 Å². The van der Waals surface area contributed by atoms with Gasteiger partial charge in [-0.3, -0.25) is 0 Å². The van der Waals surface area contributed by atoms with E-state index in [0.717, 1.165) is 12.5 Å². The normalized spacial score (nSPS) is 13.3. The van der Waals surface area contributed by atoms with E-state index in [1.54, 1.807) is 0 Å². The van der Waals surface area contributed by atoms with Crippen LogP contribution >= 0.6 is 23.1 Å². The molecule has 0 saturated carbocycles. The highest BCUT2D eigenvalue weighted by atomic mass is 32.2. The van der Waals surface area contributed by atoms with Gasteiger partial charge in [-0.05, 0) is 37.3 Å². The van der Waals surface area contributed by atoms with Gasteiger partial charge in [0.2, 0.25) is 0 Å². The summed E-state index contributed by atoms with van der Waals surface area (Å²) in [6, 6.07) is 5.02. The maximum Gasteiger partial charge on any atom is 0.0506 e. The van der Waals surface area contributed by atoms with Crippen molar-refractivity contribution in [1.82, 2.24) is 5.32 Å². The summed E-state index contributed by atoms with van der Waals surface area (Å²) in [5.41, 5.74) is 0. The number of aryl methyl sites for hydroxylation is 1. The molecule has 16 heavy (non-hydrogen) atoms. The summed E-state index contributed by atoms with van der Waals surface area (Å²) in [5, 5.41) is 3.58. The molecule has 1 heterocycles. The first-order chi connectivity index (χ1) is 7.63. The Balaban J connectivity index is 2.47. The van der Waals surface area contributed by atoms with Crippen LogP contribution in [0.5, 0.6) is 0 Å². The van der Waals surface area contributed by atoms with Gasteiger partial charge < -0.3 is 5.32 Å². The zero-order valence-electron chi connectivity index (χ0n) is 10.7. The summed E-state index contributed by atoms with van der Waals surface area (Å²) in [6.45, 7) is 9.97. The largest absolute Gasteiger partial charge is 0.309 e. The third kappa shape index (κ3) is 4.89. The molecule has 0 aromatic carbocycles. The molecule has 1 nitrogen and oxygen atoms in total. The van der Waals surface area contributed by atoms with Gasteiger partial charge in [-0.15, -0.1) is 11.3 Å². The smallest absolute Gasteiger partial charge is 0.0506 e. The molecule has 0 fully saturated rings. The van der Waals surface area contributed by atoms with Crippen molar-refractivity contribution in [3.05, 3.63) is 21.9 Å². The van der Waals surface area contributed by atoms with Crippen molar-refractivity contribution >= 4 is 23.1 Å². The Morgan fingerprint density at radius 3 is 2.56 bits per heavy atom. The summed E-state index contributed by atoms with van der Waals surface area (Å²) >= 11 is 3.98. The lowest BCUT2D eigenvalue weighted by Gasteiger charge is -2.16. The Labute approximate surface area is 108 Å². The third-order valence-corrected chi connectivity index (χ3v) is 4.88. The molecule has 1 atom stereocenters. The lowest BCUT2D eigenvalue weighted by molar-refractivity contribution is 0.614. The quantitative estimate of drug-likeness (QED) is 0.789. The zero-order valence-corrected chi connectivity index (χ0v) is 12.4. The van der Waals surface area contributed by atoms with Crippen molar-refractivity contribution in [2.45, 2.75) is 33.7 Å². The van der Waals surface area contributed by atoms with E-state index in [9.17, 15) is 0 Å². The van der Waals surface area contributed by atoms with Gasteiger partial charge in [0.1, 0.15) is 0 Å². The van der Waals surface area contributed by atoms with Gasteiger partial charge in [0.15, 0.2) is 0 Å². The average molecular weight is 257 g/mol. The Kier molecular flexibility index (Phi) is 6.47. The molecule has 1 N–H and O–H groups in total. The lowest BCUT2D eigenvalue weighted by atomic mass is 10.2. The fraction of sp³-hybridized carbons (Fsp3) is 0.692. The first kappa shape index (κ1) is 14.1. The van der Waals surface area contributed by atoms with Crippen molar-refractivity contribution < 1.29 is 0 Å². The summed E-state index contributed by atoms with van der Waals surface area (Å²) in [4.78, 5) is 2.89. The average Bonchev–Trinajstić information content (AvgIpc) is 2.63. The molecule has 0 aliphatic carbocycles. The Morgan fingerprint density at radius 2 is 2.06 bits per heavy atom. The minimum absolute atomic E-state index is 0.535. The van der Waals surface area contributed by atoms with Crippen LogP contribution in [-0.2, 0) is 0 Å². The first-order valence-corrected chi connectivity index (χ1v) is 7.98. The van der Waals surface area contributed by atoms with Gasteiger partial charge >= 0.3 is 0 Å². The molecule has 0 aliphatic rings. The summed E-state index contributed by atoms with van der Waals surface area (Å²) in [7, 11) is 0. The van der Waals surface area contributed by atoms with Crippen LogP contribution in [0.2, 0.25) is 0 Å². The molecular weight excluding hydrogens is 234 g/mol. The minimum atomic E-state index is 0.535. The fourth-order valence-electron chi connectivity index (χ4n) is 1.55. The molecule has 0 spiro atoms. The molecule has 0 radical (unpaired) electrons. The molecule has 0 saturated heterocycles. The topological polar surface area (TPSA) is 12.0 Å². The van der Waals surface area contributed by atoms with E-state index in [4.69, 9.17) is 0 Å². The van der Waals surface area contributed by atoms with Gasteiger partial charge in [0.25, 0.3) is 0 Å². The second-order valence-electron chi connectivity index (χ2n) is 4.49. The predicted molar refractivity (Wildman–Crippen MR) is 77.6 cm³/mol. The SMILES string of the molecule is CCNC(CSCC(C)C)c1ccc(C)s1. The van der Waals surface area contributed by atoms with E-state index in [0.29, 0.717) is 6.04 Å². The van der Waals surface area contributed by atoms with Crippen LogP contribution in [-0.4, -0.2) is 18.1 Å². The highest BCUT2D eigenvalue weighted by Gasteiger charge is 2.12.